The summed E-state index contributed by atoms with van der Waals surface area (Å²) in [4.78, 5) is 37.7. The summed E-state index contributed by atoms with van der Waals surface area (Å²) in [6.45, 7) is 7.54. The zero-order chi connectivity index (χ0) is 17.2. The van der Waals surface area contributed by atoms with Gasteiger partial charge in [-0.1, -0.05) is 0 Å². The molecule has 1 N–H and O–H groups in total. The highest BCUT2D eigenvalue weighted by Gasteiger charge is 2.43. The van der Waals surface area contributed by atoms with E-state index in [0.29, 0.717) is 6.42 Å². The minimum absolute atomic E-state index is 0.00338. The third-order valence-corrected chi connectivity index (χ3v) is 3.78. The average molecular weight is 326 g/mol. The fourth-order valence-corrected chi connectivity index (χ4v) is 2.59. The maximum Gasteiger partial charge on any atom is 0.411 e. The first-order chi connectivity index (χ1) is 10.7. The van der Waals surface area contributed by atoms with Crippen LogP contribution in [0.3, 0.4) is 0 Å². The van der Waals surface area contributed by atoms with E-state index < -0.39 is 23.7 Å². The van der Waals surface area contributed by atoms with Gasteiger partial charge in [0.15, 0.2) is 0 Å². The molecule has 1 heterocycles. The lowest BCUT2D eigenvalue weighted by atomic mass is 10.1. The second-order valence-electron chi connectivity index (χ2n) is 7.12. The van der Waals surface area contributed by atoms with Gasteiger partial charge in [-0.25, -0.2) is 9.59 Å². The molecule has 0 radical (unpaired) electrons. The smallest absolute Gasteiger partial charge is 0.411 e. The molecule has 7 nitrogen and oxygen atoms in total. The van der Waals surface area contributed by atoms with Gasteiger partial charge in [-0.3, -0.25) is 9.69 Å². The van der Waals surface area contributed by atoms with E-state index in [0.717, 1.165) is 12.8 Å². The van der Waals surface area contributed by atoms with E-state index in [-0.39, 0.29) is 31.0 Å². The molecule has 2 amide bonds. The Morgan fingerprint density at radius 3 is 2.39 bits per heavy atom. The van der Waals surface area contributed by atoms with E-state index in [4.69, 9.17) is 9.47 Å². The molecule has 1 aliphatic carbocycles. The minimum atomic E-state index is -0.714. The first-order valence-electron chi connectivity index (χ1n) is 8.18. The zero-order valence-corrected chi connectivity index (χ0v) is 14.3. The highest BCUT2D eigenvalue weighted by Crippen LogP contribution is 2.30. The highest BCUT2D eigenvalue weighted by atomic mass is 16.6. The maximum atomic E-state index is 12.3. The molecule has 130 valence electrons. The number of carbonyl (C=O) groups is 3. The number of amides is 2. The van der Waals surface area contributed by atoms with Gasteiger partial charge in [0.25, 0.3) is 0 Å². The van der Waals surface area contributed by atoms with Crippen molar-refractivity contribution < 1.29 is 23.9 Å². The SMILES string of the molecule is CCOC(=O)[C@@H]1C[C@@H](NC(=O)C2CC2)CN1C(=O)OC(C)(C)C. The lowest BCUT2D eigenvalue weighted by Gasteiger charge is -2.27. The molecule has 0 unspecified atom stereocenters. The number of likely N-dealkylation sites (tertiary alicyclic amines) is 1. The Labute approximate surface area is 136 Å². The molecule has 0 aromatic rings. The number of ether oxygens (including phenoxy) is 2. The normalized spacial score (nSPS) is 24.3. The Balaban J connectivity index is 2.03. The standard InChI is InChI=1S/C16H26N2O5/c1-5-22-14(20)12-8-11(17-13(19)10-6-7-10)9-18(12)15(21)23-16(2,3)4/h10-12H,5-9H2,1-4H3,(H,17,19)/t11-,12+/m1/s1. The van der Waals surface area contributed by atoms with Crippen LogP contribution < -0.4 is 5.32 Å². The summed E-state index contributed by atoms with van der Waals surface area (Å²) in [5.74, 6) is -0.364. The minimum Gasteiger partial charge on any atom is -0.464 e. The molecule has 7 heteroatoms. The van der Waals surface area contributed by atoms with E-state index >= 15 is 0 Å². The molecule has 1 saturated carbocycles. The van der Waals surface area contributed by atoms with Crippen LogP contribution in [0.25, 0.3) is 0 Å². The molecule has 1 saturated heterocycles. The first kappa shape index (κ1) is 17.6. The van der Waals surface area contributed by atoms with Crippen molar-refractivity contribution in [3.63, 3.8) is 0 Å². The van der Waals surface area contributed by atoms with Gasteiger partial charge < -0.3 is 14.8 Å². The Morgan fingerprint density at radius 1 is 1.22 bits per heavy atom. The van der Waals surface area contributed by atoms with Crippen LogP contribution in [0.15, 0.2) is 0 Å². The van der Waals surface area contributed by atoms with Gasteiger partial charge in [0.1, 0.15) is 11.6 Å². The summed E-state index contributed by atoms with van der Waals surface area (Å²) in [6.07, 6.45) is 1.63. The average Bonchev–Trinajstić information content (AvgIpc) is 3.18. The fourth-order valence-electron chi connectivity index (χ4n) is 2.59. The van der Waals surface area contributed by atoms with Crippen LogP contribution in [0.5, 0.6) is 0 Å². The Bertz CT molecular complexity index is 481. The Hall–Kier alpha value is -1.79. The van der Waals surface area contributed by atoms with Gasteiger partial charge >= 0.3 is 12.1 Å². The third kappa shape index (κ3) is 4.84. The van der Waals surface area contributed by atoms with Crippen LogP contribution in [0, 0.1) is 5.92 Å². The van der Waals surface area contributed by atoms with Gasteiger partial charge in [-0.15, -0.1) is 0 Å². The molecule has 1 aliphatic heterocycles. The van der Waals surface area contributed by atoms with E-state index in [9.17, 15) is 14.4 Å². The summed E-state index contributed by atoms with van der Waals surface area (Å²) >= 11 is 0. The molecule has 2 fully saturated rings. The van der Waals surface area contributed by atoms with E-state index in [1.54, 1.807) is 27.7 Å². The van der Waals surface area contributed by atoms with Crippen LogP contribution in [-0.2, 0) is 19.1 Å². The number of carbonyl (C=O) groups excluding carboxylic acids is 3. The van der Waals surface area contributed by atoms with Crippen molar-refractivity contribution in [3.8, 4) is 0 Å². The first-order valence-corrected chi connectivity index (χ1v) is 8.18. The molecule has 2 rings (SSSR count). The van der Waals surface area contributed by atoms with Crippen molar-refractivity contribution in [3.05, 3.63) is 0 Å². The second kappa shape index (κ2) is 6.76. The van der Waals surface area contributed by atoms with Crippen LogP contribution >= 0.6 is 0 Å². The Morgan fingerprint density at radius 2 is 1.87 bits per heavy atom. The predicted octanol–water partition coefficient (Wildman–Crippen LogP) is 1.45. The number of esters is 1. The molecule has 2 atom stereocenters. The van der Waals surface area contributed by atoms with Crippen molar-refractivity contribution >= 4 is 18.0 Å². The van der Waals surface area contributed by atoms with Crippen LogP contribution in [0.2, 0.25) is 0 Å². The zero-order valence-electron chi connectivity index (χ0n) is 14.3. The molecule has 23 heavy (non-hydrogen) atoms. The van der Waals surface area contributed by atoms with Crippen LogP contribution in [0.4, 0.5) is 4.79 Å². The molecule has 0 aromatic heterocycles. The lowest BCUT2D eigenvalue weighted by Crippen LogP contribution is -2.44. The van der Waals surface area contributed by atoms with Gasteiger partial charge in [0, 0.05) is 24.9 Å². The van der Waals surface area contributed by atoms with Gasteiger partial charge in [0.05, 0.1) is 6.61 Å². The van der Waals surface area contributed by atoms with E-state index in [1.807, 2.05) is 0 Å². The van der Waals surface area contributed by atoms with Gasteiger partial charge in [-0.05, 0) is 40.5 Å². The van der Waals surface area contributed by atoms with E-state index in [2.05, 4.69) is 5.32 Å². The topological polar surface area (TPSA) is 84.9 Å². The second-order valence-corrected chi connectivity index (χ2v) is 7.12. The predicted molar refractivity (Wildman–Crippen MR) is 82.6 cm³/mol. The lowest BCUT2D eigenvalue weighted by molar-refractivity contribution is -0.148. The maximum absolute atomic E-state index is 12.3. The monoisotopic (exact) mass is 326 g/mol. The van der Waals surface area contributed by atoms with Crippen molar-refractivity contribution in [1.29, 1.82) is 0 Å². The molecular weight excluding hydrogens is 300 g/mol. The largest absolute Gasteiger partial charge is 0.464 e. The van der Waals surface area contributed by atoms with Crippen molar-refractivity contribution in [2.24, 2.45) is 5.92 Å². The summed E-state index contributed by atoms with van der Waals surface area (Å²) in [7, 11) is 0. The third-order valence-electron chi connectivity index (χ3n) is 3.78. The van der Waals surface area contributed by atoms with Gasteiger partial charge in [-0.2, -0.15) is 0 Å². The highest BCUT2D eigenvalue weighted by molar-refractivity contribution is 5.84. The fraction of sp³-hybridized carbons (Fsp3) is 0.812. The summed E-state index contributed by atoms with van der Waals surface area (Å²) in [5.41, 5.74) is -0.647. The number of hydrogen-bond donors (Lipinski definition) is 1. The van der Waals surface area contributed by atoms with Crippen molar-refractivity contribution in [1.82, 2.24) is 10.2 Å². The Kier molecular flexibility index (Phi) is 5.16. The summed E-state index contributed by atoms with van der Waals surface area (Å²) < 4.78 is 10.4. The van der Waals surface area contributed by atoms with Crippen LogP contribution in [-0.4, -0.2) is 53.7 Å². The van der Waals surface area contributed by atoms with E-state index in [1.165, 1.54) is 4.90 Å². The van der Waals surface area contributed by atoms with Crippen molar-refractivity contribution in [2.45, 2.75) is 64.6 Å². The molecule has 0 bridgehead atoms. The molecular formula is C16H26N2O5. The molecule has 0 aromatic carbocycles. The number of nitrogens with zero attached hydrogens (tertiary/aromatic N) is 1. The quantitative estimate of drug-likeness (QED) is 0.791. The summed E-state index contributed by atoms with van der Waals surface area (Å²) in [6, 6.07) is -0.959. The molecule has 2 aliphatic rings. The number of rotatable bonds is 4. The van der Waals surface area contributed by atoms with Crippen molar-refractivity contribution in [2.75, 3.05) is 13.2 Å². The number of nitrogens with one attached hydrogen (secondary N) is 1. The summed E-state index contributed by atoms with van der Waals surface area (Å²) in [5, 5.41) is 2.92. The number of hydrogen-bond acceptors (Lipinski definition) is 5. The van der Waals surface area contributed by atoms with Gasteiger partial charge in [0.2, 0.25) is 5.91 Å². The van der Waals surface area contributed by atoms with Crippen LogP contribution in [0.1, 0.15) is 47.0 Å². The molecule has 0 spiro atoms.